The maximum absolute atomic E-state index is 13.3. The second-order valence-electron chi connectivity index (χ2n) is 5.82. The molecular formula is C18H14FN5O. The number of hydrogen-bond donors (Lipinski definition) is 0. The van der Waals surface area contributed by atoms with E-state index in [-0.39, 0.29) is 23.4 Å². The van der Waals surface area contributed by atoms with Crippen LogP contribution in [0, 0.1) is 12.7 Å². The fourth-order valence-electron chi connectivity index (χ4n) is 2.72. The zero-order valence-corrected chi connectivity index (χ0v) is 13.4. The molecule has 4 aromatic rings. The number of benzene rings is 2. The van der Waals surface area contributed by atoms with E-state index < -0.39 is 0 Å². The first-order valence-electron chi connectivity index (χ1n) is 7.74. The smallest absolute Gasteiger partial charge is 0.283 e. The topological polar surface area (TPSA) is 65.6 Å². The van der Waals surface area contributed by atoms with E-state index in [0.29, 0.717) is 11.2 Å². The predicted octanol–water partition coefficient (Wildman–Crippen LogP) is 2.47. The third-order valence-electron chi connectivity index (χ3n) is 3.92. The zero-order chi connectivity index (χ0) is 17.4. The highest BCUT2D eigenvalue weighted by Crippen LogP contribution is 2.13. The summed E-state index contributed by atoms with van der Waals surface area (Å²) in [6.45, 7) is 2.19. The van der Waals surface area contributed by atoms with Crippen LogP contribution in [0.2, 0.25) is 0 Å². The predicted molar refractivity (Wildman–Crippen MR) is 91.2 cm³/mol. The highest BCUT2D eigenvalue weighted by atomic mass is 19.1. The van der Waals surface area contributed by atoms with Crippen LogP contribution in [0.15, 0.2) is 59.7 Å². The molecule has 0 aliphatic heterocycles. The molecule has 2 heterocycles. The quantitative estimate of drug-likeness (QED) is 0.577. The van der Waals surface area contributed by atoms with Gasteiger partial charge in [0, 0.05) is 0 Å². The van der Waals surface area contributed by atoms with E-state index in [1.54, 1.807) is 12.1 Å². The average molecular weight is 335 g/mol. The normalized spacial score (nSPS) is 11.1. The summed E-state index contributed by atoms with van der Waals surface area (Å²) in [5.41, 5.74) is 2.80. The molecule has 7 heteroatoms. The number of nitrogens with zero attached hydrogens (tertiary/aromatic N) is 5. The molecule has 0 aliphatic rings. The van der Waals surface area contributed by atoms with Crippen molar-refractivity contribution < 1.29 is 4.39 Å². The Kier molecular flexibility index (Phi) is 3.61. The van der Waals surface area contributed by atoms with E-state index in [1.807, 2.05) is 31.2 Å². The summed E-state index contributed by atoms with van der Waals surface area (Å²) < 4.78 is 16.3. The number of fused-ring (bicyclic) bond motifs is 1. The van der Waals surface area contributed by atoms with Gasteiger partial charge >= 0.3 is 0 Å². The Morgan fingerprint density at radius 3 is 2.76 bits per heavy atom. The van der Waals surface area contributed by atoms with Gasteiger partial charge in [-0.05, 0) is 42.3 Å². The number of halogens is 1. The van der Waals surface area contributed by atoms with Gasteiger partial charge in [-0.3, -0.25) is 9.36 Å². The Morgan fingerprint density at radius 2 is 1.96 bits per heavy atom. The van der Waals surface area contributed by atoms with Crippen LogP contribution in [-0.4, -0.2) is 24.5 Å². The van der Waals surface area contributed by atoms with Crippen molar-refractivity contribution in [3.63, 3.8) is 0 Å². The molecule has 0 saturated carbocycles. The number of hydrogen-bond acceptors (Lipinski definition) is 4. The monoisotopic (exact) mass is 335 g/mol. The molecule has 0 radical (unpaired) electrons. The summed E-state index contributed by atoms with van der Waals surface area (Å²) in [6.07, 6.45) is 1.44. The molecule has 0 N–H and O–H groups in total. The van der Waals surface area contributed by atoms with E-state index in [1.165, 1.54) is 27.7 Å². The third-order valence-corrected chi connectivity index (χ3v) is 3.92. The Hall–Kier alpha value is -3.35. The van der Waals surface area contributed by atoms with Gasteiger partial charge in [-0.15, -0.1) is 5.10 Å². The second-order valence-corrected chi connectivity index (χ2v) is 5.82. The molecule has 0 amide bonds. The first kappa shape index (κ1) is 15.2. The van der Waals surface area contributed by atoms with Crippen LogP contribution in [0.25, 0.3) is 16.9 Å². The zero-order valence-electron chi connectivity index (χ0n) is 13.4. The van der Waals surface area contributed by atoms with Crippen LogP contribution in [0.1, 0.15) is 11.1 Å². The standard InChI is InChI=1S/C18H14FN5O/c1-12-4-2-7-15(8-12)24-17-16(21-22-24)18(25)23(11-20-17)10-13-5-3-6-14(19)9-13/h2-9,11H,10H2,1H3. The van der Waals surface area contributed by atoms with Gasteiger partial charge < -0.3 is 0 Å². The molecule has 0 fully saturated rings. The Balaban J connectivity index is 1.78. The molecule has 0 aliphatic carbocycles. The van der Waals surface area contributed by atoms with Gasteiger partial charge in [0.1, 0.15) is 12.1 Å². The van der Waals surface area contributed by atoms with Crippen molar-refractivity contribution in [1.82, 2.24) is 24.5 Å². The van der Waals surface area contributed by atoms with E-state index in [4.69, 9.17) is 0 Å². The highest BCUT2D eigenvalue weighted by Gasteiger charge is 2.13. The molecule has 4 rings (SSSR count). The minimum atomic E-state index is -0.343. The Labute approximate surface area is 142 Å². The van der Waals surface area contributed by atoms with Gasteiger partial charge in [-0.1, -0.05) is 29.5 Å². The minimum Gasteiger partial charge on any atom is -0.293 e. The maximum Gasteiger partial charge on any atom is 0.283 e. The van der Waals surface area contributed by atoms with Crippen LogP contribution in [-0.2, 0) is 6.54 Å². The average Bonchev–Trinajstić information content (AvgIpc) is 3.02. The van der Waals surface area contributed by atoms with E-state index in [2.05, 4.69) is 15.3 Å². The molecule has 25 heavy (non-hydrogen) atoms. The number of rotatable bonds is 3. The molecule has 6 nitrogen and oxygen atoms in total. The van der Waals surface area contributed by atoms with Gasteiger partial charge in [0.25, 0.3) is 5.56 Å². The first-order chi connectivity index (χ1) is 12.1. The highest BCUT2D eigenvalue weighted by molar-refractivity contribution is 5.70. The van der Waals surface area contributed by atoms with Crippen molar-refractivity contribution in [2.45, 2.75) is 13.5 Å². The fourth-order valence-corrected chi connectivity index (χ4v) is 2.72. The Bertz CT molecular complexity index is 1130. The lowest BCUT2D eigenvalue weighted by molar-refractivity contribution is 0.622. The van der Waals surface area contributed by atoms with E-state index >= 15 is 0 Å². The molecule has 0 saturated heterocycles. The molecule has 2 aromatic heterocycles. The Morgan fingerprint density at radius 1 is 1.12 bits per heavy atom. The second kappa shape index (κ2) is 5.94. The summed E-state index contributed by atoms with van der Waals surface area (Å²) in [5.74, 6) is -0.343. The molecule has 0 unspecified atom stereocenters. The summed E-state index contributed by atoms with van der Waals surface area (Å²) in [4.78, 5) is 17.0. The minimum absolute atomic E-state index is 0.181. The van der Waals surface area contributed by atoms with Crippen LogP contribution < -0.4 is 5.56 Å². The van der Waals surface area contributed by atoms with Gasteiger partial charge in [-0.25, -0.2) is 9.37 Å². The van der Waals surface area contributed by atoms with Crippen molar-refractivity contribution >= 4 is 11.2 Å². The van der Waals surface area contributed by atoms with Crippen molar-refractivity contribution in [2.24, 2.45) is 0 Å². The van der Waals surface area contributed by atoms with Gasteiger partial charge in [-0.2, -0.15) is 4.68 Å². The number of aryl methyl sites for hydroxylation is 1. The summed E-state index contributed by atoms with van der Waals surface area (Å²) >= 11 is 0. The van der Waals surface area contributed by atoms with Crippen LogP contribution in [0.5, 0.6) is 0 Å². The van der Waals surface area contributed by atoms with E-state index in [9.17, 15) is 9.18 Å². The number of aromatic nitrogens is 5. The molecular weight excluding hydrogens is 321 g/mol. The summed E-state index contributed by atoms with van der Waals surface area (Å²) in [7, 11) is 0. The maximum atomic E-state index is 13.3. The van der Waals surface area contributed by atoms with Crippen molar-refractivity contribution in [3.8, 4) is 5.69 Å². The van der Waals surface area contributed by atoms with Crippen molar-refractivity contribution in [2.75, 3.05) is 0 Å². The lowest BCUT2D eigenvalue weighted by atomic mass is 10.2. The molecule has 124 valence electrons. The molecule has 0 bridgehead atoms. The first-order valence-corrected chi connectivity index (χ1v) is 7.74. The lowest BCUT2D eigenvalue weighted by Gasteiger charge is -2.06. The third kappa shape index (κ3) is 2.80. The van der Waals surface area contributed by atoms with Crippen LogP contribution in [0.3, 0.4) is 0 Å². The molecule has 2 aromatic carbocycles. The van der Waals surface area contributed by atoms with Crippen LogP contribution in [0.4, 0.5) is 4.39 Å². The lowest BCUT2D eigenvalue weighted by Crippen LogP contribution is -2.21. The summed E-state index contributed by atoms with van der Waals surface area (Å²) in [5, 5.41) is 8.05. The largest absolute Gasteiger partial charge is 0.293 e. The van der Waals surface area contributed by atoms with Crippen LogP contribution >= 0.6 is 0 Å². The van der Waals surface area contributed by atoms with Gasteiger partial charge in [0.05, 0.1) is 12.2 Å². The van der Waals surface area contributed by atoms with E-state index in [0.717, 1.165) is 11.3 Å². The van der Waals surface area contributed by atoms with Crippen molar-refractivity contribution in [3.05, 3.63) is 82.2 Å². The molecule has 0 atom stereocenters. The fraction of sp³-hybridized carbons (Fsp3) is 0.111. The SMILES string of the molecule is Cc1cccc(-n2nnc3c(=O)n(Cc4cccc(F)c4)cnc32)c1. The van der Waals surface area contributed by atoms with Gasteiger partial charge in [0.2, 0.25) is 0 Å². The van der Waals surface area contributed by atoms with Gasteiger partial charge in [0.15, 0.2) is 11.2 Å². The summed E-state index contributed by atoms with van der Waals surface area (Å²) in [6, 6.07) is 13.8. The molecule has 0 spiro atoms. The van der Waals surface area contributed by atoms with Crippen molar-refractivity contribution in [1.29, 1.82) is 0 Å².